The Labute approximate surface area is 115 Å². The molecule has 1 aliphatic carbocycles. The van der Waals surface area contributed by atoms with Crippen molar-refractivity contribution in [1.82, 2.24) is 19.5 Å². The van der Waals surface area contributed by atoms with Gasteiger partial charge in [-0.3, -0.25) is 4.79 Å². The van der Waals surface area contributed by atoms with Crippen molar-refractivity contribution in [2.75, 3.05) is 0 Å². The molecule has 0 atom stereocenters. The first-order valence-corrected chi connectivity index (χ1v) is 7.52. The summed E-state index contributed by atoms with van der Waals surface area (Å²) in [6.45, 7) is 0. The molecule has 1 aromatic carbocycles. The molecule has 0 bridgehead atoms. The molecule has 1 saturated carbocycles. The van der Waals surface area contributed by atoms with Crippen LogP contribution in [0, 0.1) is 0 Å². The summed E-state index contributed by atoms with van der Waals surface area (Å²) in [6, 6.07) is 6.02. The molecule has 1 N–H and O–H groups in total. The van der Waals surface area contributed by atoms with Gasteiger partial charge in [0.15, 0.2) is 0 Å². The molecular formula is C12H12N4O3S. The van der Waals surface area contributed by atoms with Crippen LogP contribution in [0.1, 0.15) is 23.2 Å². The lowest BCUT2D eigenvalue weighted by Gasteiger charge is -2.06. The number of carbonyl (C=O) groups is 1. The summed E-state index contributed by atoms with van der Waals surface area (Å²) in [4.78, 5) is 15.5. The van der Waals surface area contributed by atoms with Crippen molar-refractivity contribution in [2.45, 2.75) is 23.8 Å². The normalized spacial score (nSPS) is 15.0. The average Bonchev–Trinajstić information content (AvgIpc) is 3.08. The molecule has 3 rings (SSSR count). The van der Waals surface area contributed by atoms with Gasteiger partial charge in [0.1, 0.15) is 12.7 Å². The highest BCUT2D eigenvalue weighted by Gasteiger charge is 2.24. The molecule has 0 saturated heterocycles. The van der Waals surface area contributed by atoms with Gasteiger partial charge in [-0.15, -0.1) is 9.19 Å². The SMILES string of the molecule is O=C(NC1CC1)c1ccc(S(=O)(=O)n2cncn2)cc1. The van der Waals surface area contributed by atoms with Gasteiger partial charge in [0, 0.05) is 11.6 Å². The van der Waals surface area contributed by atoms with Crippen LogP contribution in [0.5, 0.6) is 0 Å². The summed E-state index contributed by atoms with van der Waals surface area (Å²) < 4.78 is 25.0. The number of hydrogen-bond acceptors (Lipinski definition) is 5. The van der Waals surface area contributed by atoms with Crippen LogP contribution >= 0.6 is 0 Å². The lowest BCUT2D eigenvalue weighted by Crippen LogP contribution is -2.25. The summed E-state index contributed by atoms with van der Waals surface area (Å²) in [5.41, 5.74) is 0.439. The van der Waals surface area contributed by atoms with Crippen molar-refractivity contribution in [3.8, 4) is 0 Å². The molecule has 1 heterocycles. The van der Waals surface area contributed by atoms with Crippen LogP contribution in [-0.4, -0.2) is 34.5 Å². The fraction of sp³-hybridized carbons (Fsp3) is 0.250. The molecule has 8 heteroatoms. The van der Waals surface area contributed by atoms with E-state index >= 15 is 0 Å². The molecule has 0 radical (unpaired) electrons. The number of nitrogens with zero attached hydrogens (tertiary/aromatic N) is 3. The second kappa shape index (κ2) is 4.71. The molecule has 0 aliphatic heterocycles. The molecule has 1 aliphatic rings. The van der Waals surface area contributed by atoms with Crippen LogP contribution in [-0.2, 0) is 10.0 Å². The predicted molar refractivity (Wildman–Crippen MR) is 69.5 cm³/mol. The molecule has 1 fully saturated rings. The van der Waals surface area contributed by atoms with Gasteiger partial charge in [0.2, 0.25) is 0 Å². The zero-order chi connectivity index (χ0) is 14.2. The van der Waals surface area contributed by atoms with Crippen LogP contribution in [0.25, 0.3) is 0 Å². The zero-order valence-corrected chi connectivity index (χ0v) is 11.2. The van der Waals surface area contributed by atoms with E-state index in [1.54, 1.807) is 0 Å². The van der Waals surface area contributed by atoms with Crippen LogP contribution in [0.4, 0.5) is 0 Å². The van der Waals surface area contributed by atoms with Crippen molar-refractivity contribution in [1.29, 1.82) is 0 Å². The van der Waals surface area contributed by atoms with E-state index in [9.17, 15) is 13.2 Å². The molecule has 2 aromatic rings. The fourth-order valence-electron chi connectivity index (χ4n) is 1.70. The standard InChI is InChI=1S/C12H12N4O3S/c17-12(15-10-3-4-10)9-1-5-11(6-2-9)20(18,19)16-8-13-7-14-16/h1-2,5-8,10H,3-4H2,(H,15,17). The maximum atomic E-state index is 12.1. The first kappa shape index (κ1) is 12.8. The predicted octanol–water partition coefficient (Wildman–Crippen LogP) is 0.407. The second-order valence-electron chi connectivity index (χ2n) is 4.55. The maximum Gasteiger partial charge on any atom is 0.284 e. The van der Waals surface area contributed by atoms with E-state index in [1.165, 1.54) is 24.3 Å². The monoisotopic (exact) mass is 292 g/mol. The van der Waals surface area contributed by atoms with E-state index in [1.807, 2.05) is 0 Å². The Kier molecular flexibility index (Phi) is 3.01. The van der Waals surface area contributed by atoms with Crippen molar-refractivity contribution >= 4 is 15.9 Å². The number of benzene rings is 1. The Balaban J connectivity index is 1.84. The highest BCUT2D eigenvalue weighted by atomic mass is 32.2. The lowest BCUT2D eigenvalue weighted by molar-refractivity contribution is 0.0951. The summed E-state index contributed by atoms with van der Waals surface area (Å²) in [5.74, 6) is -0.183. The van der Waals surface area contributed by atoms with Crippen LogP contribution in [0.15, 0.2) is 41.8 Å². The minimum Gasteiger partial charge on any atom is -0.349 e. The van der Waals surface area contributed by atoms with Crippen LogP contribution in [0.3, 0.4) is 0 Å². The van der Waals surface area contributed by atoms with Crippen molar-refractivity contribution < 1.29 is 13.2 Å². The summed E-state index contributed by atoms with van der Waals surface area (Å²) in [7, 11) is -3.74. The van der Waals surface area contributed by atoms with Gasteiger partial charge >= 0.3 is 0 Å². The highest BCUT2D eigenvalue weighted by molar-refractivity contribution is 7.89. The van der Waals surface area contributed by atoms with E-state index in [-0.39, 0.29) is 16.8 Å². The van der Waals surface area contributed by atoms with Gasteiger partial charge in [-0.05, 0) is 37.1 Å². The molecule has 20 heavy (non-hydrogen) atoms. The van der Waals surface area contributed by atoms with Gasteiger partial charge in [-0.2, -0.15) is 8.42 Å². The highest BCUT2D eigenvalue weighted by Crippen LogP contribution is 2.20. The summed E-state index contributed by atoms with van der Waals surface area (Å²) in [5, 5.41) is 6.45. The van der Waals surface area contributed by atoms with Crippen LogP contribution in [0.2, 0.25) is 0 Å². The molecular weight excluding hydrogens is 280 g/mol. The minimum atomic E-state index is -3.74. The first-order chi connectivity index (χ1) is 9.57. The summed E-state index contributed by atoms with van der Waals surface area (Å²) in [6.07, 6.45) is 4.27. The smallest absolute Gasteiger partial charge is 0.284 e. The number of carbonyl (C=O) groups excluding carboxylic acids is 1. The lowest BCUT2D eigenvalue weighted by atomic mass is 10.2. The second-order valence-corrected chi connectivity index (χ2v) is 6.34. The molecule has 104 valence electrons. The zero-order valence-electron chi connectivity index (χ0n) is 10.4. The Morgan fingerprint density at radius 1 is 1.25 bits per heavy atom. The third-order valence-electron chi connectivity index (χ3n) is 2.97. The molecule has 0 spiro atoms. The number of rotatable bonds is 4. The fourth-order valence-corrected chi connectivity index (χ4v) is 2.75. The van der Waals surface area contributed by atoms with Crippen molar-refractivity contribution in [2.24, 2.45) is 0 Å². The Hall–Kier alpha value is -2.22. The Morgan fingerprint density at radius 2 is 1.95 bits per heavy atom. The van der Waals surface area contributed by atoms with E-state index in [0.29, 0.717) is 5.56 Å². The number of amides is 1. The van der Waals surface area contributed by atoms with Gasteiger partial charge in [0.05, 0.1) is 4.90 Å². The van der Waals surface area contributed by atoms with Gasteiger partial charge < -0.3 is 5.32 Å². The van der Waals surface area contributed by atoms with Crippen molar-refractivity contribution in [3.63, 3.8) is 0 Å². The first-order valence-electron chi connectivity index (χ1n) is 6.08. The molecule has 1 aromatic heterocycles. The minimum absolute atomic E-state index is 0.0611. The maximum absolute atomic E-state index is 12.1. The number of nitrogens with one attached hydrogen (secondary N) is 1. The van der Waals surface area contributed by atoms with Crippen LogP contribution < -0.4 is 5.32 Å². The Bertz CT molecular complexity index is 719. The van der Waals surface area contributed by atoms with E-state index in [0.717, 1.165) is 29.6 Å². The number of aromatic nitrogens is 3. The largest absolute Gasteiger partial charge is 0.349 e. The third kappa shape index (κ3) is 2.42. The van der Waals surface area contributed by atoms with Crippen molar-refractivity contribution in [3.05, 3.63) is 42.5 Å². The number of hydrogen-bond donors (Lipinski definition) is 1. The topological polar surface area (TPSA) is 94.0 Å². The quantitative estimate of drug-likeness (QED) is 0.880. The molecule has 1 amide bonds. The van der Waals surface area contributed by atoms with E-state index in [2.05, 4.69) is 15.4 Å². The van der Waals surface area contributed by atoms with E-state index in [4.69, 9.17) is 0 Å². The van der Waals surface area contributed by atoms with Gasteiger partial charge in [-0.25, -0.2) is 4.98 Å². The molecule has 7 nitrogen and oxygen atoms in total. The average molecular weight is 292 g/mol. The summed E-state index contributed by atoms with van der Waals surface area (Å²) >= 11 is 0. The third-order valence-corrected chi connectivity index (χ3v) is 4.52. The van der Waals surface area contributed by atoms with Gasteiger partial charge in [-0.1, -0.05) is 0 Å². The van der Waals surface area contributed by atoms with E-state index < -0.39 is 10.0 Å². The molecule has 0 unspecified atom stereocenters. The van der Waals surface area contributed by atoms with Gasteiger partial charge in [0.25, 0.3) is 15.9 Å². The Morgan fingerprint density at radius 3 is 2.50 bits per heavy atom.